The van der Waals surface area contributed by atoms with Crippen molar-refractivity contribution in [2.75, 3.05) is 18.9 Å². The lowest BCUT2D eigenvalue weighted by molar-refractivity contribution is 0.0843. The molecule has 0 spiro atoms. The van der Waals surface area contributed by atoms with Crippen molar-refractivity contribution < 1.29 is 19.1 Å². The zero-order valence-electron chi connectivity index (χ0n) is 15.6. The van der Waals surface area contributed by atoms with E-state index in [1.165, 1.54) is 11.6 Å². The maximum Gasteiger partial charge on any atom is 0.284 e. The highest BCUT2D eigenvalue weighted by molar-refractivity contribution is 5.69. The molecule has 1 aliphatic heterocycles. The van der Waals surface area contributed by atoms with Crippen LogP contribution in [0.25, 0.3) is 11.4 Å². The SMILES string of the molecule is CCOn1c(-c2ccc(OC)cc2)nc2c1OC=NN2OCc1ccccc1. The third kappa shape index (κ3) is 3.49. The molecule has 8 nitrogen and oxygen atoms in total. The molecule has 0 amide bonds. The van der Waals surface area contributed by atoms with E-state index in [0.29, 0.717) is 30.7 Å². The third-order valence-corrected chi connectivity index (χ3v) is 4.08. The Morgan fingerprint density at radius 3 is 2.50 bits per heavy atom. The quantitative estimate of drug-likeness (QED) is 0.627. The van der Waals surface area contributed by atoms with E-state index in [1.807, 2.05) is 61.5 Å². The summed E-state index contributed by atoms with van der Waals surface area (Å²) in [6.45, 7) is 2.68. The summed E-state index contributed by atoms with van der Waals surface area (Å²) in [6, 6.07) is 17.4. The number of aromatic nitrogens is 2. The van der Waals surface area contributed by atoms with Gasteiger partial charge in [-0.25, -0.2) is 9.82 Å². The number of hydrazone groups is 1. The summed E-state index contributed by atoms with van der Waals surface area (Å²) in [7, 11) is 1.63. The summed E-state index contributed by atoms with van der Waals surface area (Å²) in [6.07, 6.45) is 1.29. The minimum atomic E-state index is 0.344. The first kappa shape index (κ1) is 17.9. The van der Waals surface area contributed by atoms with Crippen molar-refractivity contribution in [3.8, 4) is 23.0 Å². The number of ether oxygens (including phenoxy) is 2. The van der Waals surface area contributed by atoms with Crippen molar-refractivity contribution in [2.24, 2.45) is 5.10 Å². The molecule has 0 radical (unpaired) electrons. The largest absolute Gasteiger partial charge is 0.497 e. The molecule has 0 fully saturated rings. The van der Waals surface area contributed by atoms with Gasteiger partial charge >= 0.3 is 0 Å². The fourth-order valence-electron chi connectivity index (χ4n) is 2.75. The fraction of sp³-hybridized carbons (Fsp3) is 0.200. The van der Waals surface area contributed by atoms with Crippen molar-refractivity contribution in [1.82, 2.24) is 9.71 Å². The molecule has 0 saturated heterocycles. The molecule has 3 aromatic rings. The molecule has 1 aliphatic rings. The van der Waals surface area contributed by atoms with E-state index in [0.717, 1.165) is 16.9 Å². The van der Waals surface area contributed by atoms with Crippen molar-refractivity contribution in [3.05, 3.63) is 60.2 Å². The van der Waals surface area contributed by atoms with Gasteiger partial charge in [0.15, 0.2) is 5.82 Å². The van der Waals surface area contributed by atoms with Gasteiger partial charge in [-0.2, -0.15) is 0 Å². The average molecular weight is 380 g/mol. The average Bonchev–Trinajstić information content (AvgIpc) is 3.12. The van der Waals surface area contributed by atoms with Crippen LogP contribution >= 0.6 is 0 Å². The lowest BCUT2D eigenvalue weighted by atomic mass is 10.2. The zero-order valence-corrected chi connectivity index (χ0v) is 15.6. The first-order chi connectivity index (χ1) is 13.8. The van der Waals surface area contributed by atoms with Crippen molar-refractivity contribution in [3.63, 3.8) is 0 Å². The molecule has 0 unspecified atom stereocenters. The van der Waals surface area contributed by atoms with E-state index in [9.17, 15) is 0 Å². The summed E-state index contributed by atoms with van der Waals surface area (Å²) in [5, 5.41) is 5.48. The predicted molar refractivity (Wildman–Crippen MR) is 104 cm³/mol. The van der Waals surface area contributed by atoms with E-state index in [2.05, 4.69) is 10.1 Å². The maximum atomic E-state index is 5.82. The Morgan fingerprint density at radius 2 is 1.79 bits per heavy atom. The van der Waals surface area contributed by atoms with Crippen molar-refractivity contribution >= 4 is 12.2 Å². The topological polar surface area (TPSA) is 70.3 Å². The van der Waals surface area contributed by atoms with Gasteiger partial charge in [-0.3, -0.25) is 0 Å². The third-order valence-electron chi connectivity index (χ3n) is 4.08. The molecule has 8 heteroatoms. The van der Waals surface area contributed by atoms with Crippen LogP contribution in [0.1, 0.15) is 12.5 Å². The van der Waals surface area contributed by atoms with Crippen LogP contribution in [0, 0.1) is 0 Å². The van der Waals surface area contributed by atoms with Crippen LogP contribution in [0.4, 0.5) is 5.82 Å². The zero-order chi connectivity index (χ0) is 19.3. The monoisotopic (exact) mass is 380 g/mol. The van der Waals surface area contributed by atoms with E-state index < -0.39 is 0 Å². The van der Waals surface area contributed by atoms with Gasteiger partial charge in [0.05, 0.1) is 7.11 Å². The lowest BCUT2D eigenvalue weighted by Gasteiger charge is -2.20. The summed E-state index contributed by atoms with van der Waals surface area (Å²) >= 11 is 0. The van der Waals surface area contributed by atoms with Crippen LogP contribution in [-0.2, 0) is 11.4 Å². The molecular formula is C20H20N4O4. The van der Waals surface area contributed by atoms with Crippen molar-refractivity contribution in [1.29, 1.82) is 0 Å². The molecule has 1 aromatic heterocycles. The van der Waals surface area contributed by atoms with E-state index in [-0.39, 0.29) is 0 Å². The number of anilines is 1. The van der Waals surface area contributed by atoms with Gasteiger partial charge in [0, 0.05) is 5.56 Å². The van der Waals surface area contributed by atoms with Gasteiger partial charge in [-0.15, -0.1) is 15.0 Å². The Bertz CT molecular complexity index is 954. The Kier molecular flexibility index (Phi) is 5.11. The molecule has 0 bridgehead atoms. The number of hydrogen-bond acceptors (Lipinski definition) is 7. The highest BCUT2D eigenvalue weighted by Gasteiger charge is 2.29. The van der Waals surface area contributed by atoms with Crippen LogP contribution in [0.3, 0.4) is 0 Å². The van der Waals surface area contributed by atoms with Gasteiger partial charge < -0.3 is 14.3 Å². The van der Waals surface area contributed by atoms with Gasteiger partial charge in [-0.05, 0) is 36.8 Å². The van der Waals surface area contributed by atoms with Crippen molar-refractivity contribution in [2.45, 2.75) is 13.5 Å². The smallest absolute Gasteiger partial charge is 0.284 e. The number of nitrogens with zero attached hydrogens (tertiary/aromatic N) is 4. The van der Waals surface area contributed by atoms with Gasteiger partial charge in [0.25, 0.3) is 5.88 Å². The standard InChI is InChI=1S/C20H20N4O4/c1-3-27-23-18(16-9-11-17(25-2)12-10-16)22-19-20(23)26-14-21-24(19)28-13-15-7-5-4-6-8-15/h4-12,14H,3,13H2,1-2H3. The molecule has 0 aliphatic carbocycles. The minimum Gasteiger partial charge on any atom is -0.497 e. The fourth-order valence-corrected chi connectivity index (χ4v) is 2.75. The summed E-state index contributed by atoms with van der Waals surface area (Å²) in [5.41, 5.74) is 1.86. The number of hydrogen-bond donors (Lipinski definition) is 0. The van der Waals surface area contributed by atoms with Gasteiger partial charge in [-0.1, -0.05) is 30.3 Å². The van der Waals surface area contributed by atoms with Crippen LogP contribution in [0.15, 0.2) is 59.7 Å². The number of rotatable bonds is 7. The highest BCUT2D eigenvalue weighted by atomic mass is 16.7. The maximum absolute atomic E-state index is 5.82. The second kappa shape index (κ2) is 8.01. The number of methoxy groups -OCH3 is 1. The second-order valence-electron chi connectivity index (χ2n) is 5.88. The van der Waals surface area contributed by atoms with E-state index in [1.54, 1.807) is 11.8 Å². The molecule has 0 atom stereocenters. The van der Waals surface area contributed by atoms with Gasteiger partial charge in [0.2, 0.25) is 12.2 Å². The molecule has 0 saturated carbocycles. The summed E-state index contributed by atoms with van der Waals surface area (Å²) in [5.74, 6) is 2.15. The normalized spacial score (nSPS) is 12.4. The van der Waals surface area contributed by atoms with Gasteiger partial charge in [0.1, 0.15) is 19.0 Å². The Labute approximate surface area is 162 Å². The van der Waals surface area contributed by atoms with Crippen LogP contribution in [0.2, 0.25) is 0 Å². The van der Waals surface area contributed by atoms with Crippen LogP contribution in [0.5, 0.6) is 11.6 Å². The van der Waals surface area contributed by atoms with E-state index >= 15 is 0 Å². The number of fused-ring (bicyclic) bond motifs is 1. The number of benzene rings is 2. The second-order valence-corrected chi connectivity index (χ2v) is 5.88. The molecular weight excluding hydrogens is 360 g/mol. The molecule has 0 N–H and O–H groups in total. The number of imidazole rings is 1. The molecule has 28 heavy (non-hydrogen) atoms. The Morgan fingerprint density at radius 1 is 1.00 bits per heavy atom. The van der Waals surface area contributed by atoms with Crippen LogP contribution in [-0.4, -0.2) is 29.8 Å². The first-order valence-electron chi connectivity index (χ1n) is 8.86. The summed E-state index contributed by atoms with van der Waals surface area (Å²) in [4.78, 5) is 16.2. The predicted octanol–water partition coefficient (Wildman–Crippen LogP) is 3.28. The highest BCUT2D eigenvalue weighted by Crippen LogP contribution is 2.35. The molecule has 2 aromatic carbocycles. The molecule has 4 rings (SSSR count). The molecule has 2 heterocycles. The lowest BCUT2D eigenvalue weighted by Crippen LogP contribution is -2.23. The Balaban J connectivity index is 1.65. The van der Waals surface area contributed by atoms with Crippen LogP contribution < -0.4 is 19.5 Å². The first-order valence-corrected chi connectivity index (χ1v) is 8.86. The minimum absolute atomic E-state index is 0.344. The van der Waals surface area contributed by atoms with E-state index in [4.69, 9.17) is 19.1 Å². The summed E-state index contributed by atoms with van der Waals surface area (Å²) < 4.78 is 12.3. The molecule has 144 valence electrons. The Hall–Kier alpha value is -3.52.